The van der Waals surface area contributed by atoms with E-state index in [0.29, 0.717) is 0 Å². The van der Waals surface area contributed by atoms with Crippen LogP contribution in [0.5, 0.6) is 0 Å². The van der Waals surface area contributed by atoms with Gasteiger partial charge in [0.05, 0.1) is 0 Å². The van der Waals surface area contributed by atoms with Crippen LogP contribution in [0.2, 0.25) is 0 Å². The quantitative estimate of drug-likeness (QED) is 0.446. The summed E-state index contributed by atoms with van der Waals surface area (Å²) in [6.45, 7) is 3.03. The van der Waals surface area contributed by atoms with Crippen molar-refractivity contribution in [3.8, 4) is 0 Å². The van der Waals surface area contributed by atoms with Crippen LogP contribution >= 0.6 is 0 Å². The average Bonchev–Trinajstić information content (AvgIpc) is 1.97. The molecule has 0 aromatic rings. The molecule has 0 spiro atoms. The van der Waals surface area contributed by atoms with Gasteiger partial charge in [-0.25, -0.2) is 0 Å². The van der Waals surface area contributed by atoms with Crippen molar-refractivity contribution >= 4 is 0 Å². The van der Waals surface area contributed by atoms with Crippen LogP contribution in [0.1, 0.15) is 39.0 Å². The smallest absolute Gasteiger partial charge is 0.00772 e. The van der Waals surface area contributed by atoms with Gasteiger partial charge in [-0.05, 0) is 32.2 Å². The highest BCUT2D eigenvalue weighted by Crippen LogP contribution is 1.96. The molecule has 0 heterocycles. The minimum atomic E-state index is 0.835. The van der Waals surface area contributed by atoms with Gasteiger partial charge in [-0.2, -0.15) is 0 Å². The normalized spacial score (nSPS) is 11.0. The summed E-state index contributed by atoms with van der Waals surface area (Å²) in [4.78, 5) is 0. The summed E-state index contributed by atoms with van der Waals surface area (Å²) in [5.41, 5.74) is 5.35. The molecular formula is C9H19N. The van der Waals surface area contributed by atoms with E-state index in [9.17, 15) is 0 Å². The standard InChI is InChI=1S/C9H19N/c1-2-3-4-5-6-7-8-9-10/h4-5H,2-3,6-10H2,1H3/b5-4-. The molecule has 0 aliphatic carbocycles. The van der Waals surface area contributed by atoms with Crippen molar-refractivity contribution in [1.82, 2.24) is 0 Å². The minimum absolute atomic E-state index is 0.835. The van der Waals surface area contributed by atoms with Gasteiger partial charge in [0.1, 0.15) is 0 Å². The van der Waals surface area contributed by atoms with Crippen LogP contribution in [-0.4, -0.2) is 6.54 Å². The zero-order valence-electron chi connectivity index (χ0n) is 6.97. The molecule has 1 nitrogen and oxygen atoms in total. The van der Waals surface area contributed by atoms with E-state index in [1.165, 1.54) is 25.7 Å². The second-order valence-electron chi connectivity index (χ2n) is 2.54. The molecule has 0 atom stereocenters. The first-order valence-corrected chi connectivity index (χ1v) is 4.27. The lowest BCUT2D eigenvalue weighted by atomic mass is 10.2. The Bertz CT molecular complexity index is 76.8. The van der Waals surface area contributed by atoms with Gasteiger partial charge in [0.2, 0.25) is 0 Å². The summed E-state index contributed by atoms with van der Waals surface area (Å²) in [5, 5.41) is 0. The Morgan fingerprint density at radius 3 is 2.40 bits per heavy atom. The van der Waals surface area contributed by atoms with E-state index in [4.69, 9.17) is 5.73 Å². The van der Waals surface area contributed by atoms with Crippen molar-refractivity contribution in [3.05, 3.63) is 12.2 Å². The van der Waals surface area contributed by atoms with Gasteiger partial charge < -0.3 is 5.73 Å². The molecule has 0 aliphatic heterocycles. The fourth-order valence-electron chi connectivity index (χ4n) is 0.809. The molecule has 0 bridgehead atoms. The molecule has 0 unspecified atom stereocenters. The highest BCUT2D eigenvalue weighted by atomic mass is 14.5. The van der Waals surface area contributed by atoms with Crippen LogP contribution in [0.4, 0.5) is 0 Å². The van der Waals surface area contributed by atoms with Crippen molar-refractivity contribution in [1.29, 1.82) is 0 Å². The van der Waals surface area contributed by atoms with Gasteiger partial charge in [0.15, 0.2) is 0 Å². The first kappa shape index (κ1) is 9.70. The monoisotopic (exact) mass is 141 g/mol. The van der Waals surface area contributed by atoms with Crippen molar-refractivity contribution < 1.29 is 0 Å². The zero-order valence-corrected chi connectivity index (χ0v) is 6.97. The minimum Gasteiger partial charge on any atom is -0.330 e. The van der Waals surface area contributed by atoms with Crippen LogP contribution < -0.4 is 5.73 Å². The lowest BCUT2D eigenvalue weighted by Crippen LogP contribution is -1.96. The summed E-state index contributed by atoms with van der Waals surface area (Å²) in [6, 6.07) is 0. The van der Waals surface area contributed by atoms with Gasteiger partial charge in [-0.15, -0.1) is 0 Å². The Kier molecular flexibility index (Phi) is 8.44. The summed E-state index contributed by atoms with van der Waals surface area (Å²) in [6.07, 6.45) is 10.6. The summed E-state index contributed by atoms with van der Waals surface area (Å²) in [5.74, 6) is 0. The Hall–Kier alpha value is -0.300. The van der Waals surface area contributed by atoms with Crippen molar-refractivity contribution in [2.24, 2.45) is 5.73 Å². The first-order valence-electron chi connectivity index (χ1n) is 4.27. The maximum Gasteiger partial charge on any atom is -0.00772 e. The Labute approximate surface area is 64.3 Å². The van der Waals surface area contributed by atoms with Gasteiger partial charge >= 0.3 is 0 Å². The third-order valence-corrected chi connectivity index (χ3v) is 1.45. The number of hydrogen-bond acceptors (Lipinski definition) is 1. The van der Waals surface area contributed by atoms with Crippen molar-refractivity contribution in [3.63, 3.8) is 0 Å². The van der Waals surface area contributed by atoms with Crippen LogP contribution in [0.3, 0.4) is 0 Å². The molecule has 0 saturated heterocycles. The van der Waals surface area contributed by atoms with Crippen LogP contribution in [0, 0.1) is 0 Å². The summed E-state index contributed by atoms with van der Waals surface area (Å²) >= 11 is 0. The maximum atomic E-state index is 5.35. The highest BCUT2D eigenvalue weighted by Gasteiger charge is 1.80. The number of nitrogens with two attached hydrogens (primary N) is 1. The van der Waals surface area contributed by atoms with Crippen LogP contribution in [-0.2, 0) is 0 Å². The van der Waals surface area contributed by atoms with E-state index in [0.717, 1.165) is 13.0 Å². The lowest BCUT2D eigenvalue weighted by Gasteiger charge is -1.90. The Morgan fingerprint density at radius 2 is 1.80 bits per heavy atom. The van der Waals surface area contributed by atoms with E-state index >= 15 is 0 Å². The van der Waals surface area contributed by atoms with Crippen LogP contribution in [0.25, 0.3) is 0 Å². The number of rotatable bonds is 6. The summed E-state index contributed by atoms with van der Waals surface area (Å²) < 4.78 is 0. The van der Waals surface area contributed by atoms with Gasteiger partial charge in [-0.3, -0.25) is 0 Å². The third-order valence-electron chi connectivity index (χ3n) is 1.45. The number of allylic oxidation sites excluding steroid dienone is 2. The predicted molar refractivity (Wildman–Crippen MR) is 47.0 cm³/mol. The Balaban J connectivity index is 2.88. The van der Waals surface area contributed by atoms with Crippen molar-refractivity contribution in [2.75, 3.05) is 6.54 Å². The fourth-order valence-corrected chi connectivity index (χ4v) is 0.809. The van der Waals surface area contributed by atoms with E-state index < -0.39 is 0 Å². The molecule has 0 aliphatic rings. The molecule has 0 fully saturated rings. The third kappa shape index (κ3) is 7.70. The molecule has 60 valence electrons. The second-order valence-corrected chi connectivity index (χ2v) is 2.54. The second kappa shape index (κ2) is 8.70. The maximum absolute atomic E-state index is 5.35. The van der Waals surface area contributed by atoms with E-state index in [1.54, 1.807) is 0 Å². The van der Waals surface area contributed by atoms with Gasteiger partial charge in [-0.1, -0.05) is 25.5 Å². The molecule has 0 aromatic heterocycles. The fraction of sp³-hybridized carbons (Fsp3) is 0.778. The predicted octanol–water partition coefficient (Wildman–Crippen LogP) is 2.47. The van der Waals surface area contributed by atoms with Crippen LogP contribution in [0.15, 0.2) is 12.2 Å². The highest BCUT2D eigenvalue weighted by molar-refractivity contribution is 4.80. The molecule has 0 rings (SSSR count). The van der Waals surface area contributed by atoms with Crippen molar-refractivity contribution in [2.45, 2.75) is 39.0 Å². The Morgan fingerprint density at radius 1 is 1.10 bits per heavy atom. The number of hydrogen-bond donors (Lipinski definition) is 1. The summed E-state index contributed by atoms with van der Waals surface area (Å²) in [7, 11) is 0. The lowest BCUT2D eigenvalue weighted by molar-refractivity contribution is 0.756. The molecule has 0 saturated carbocycles. The van der Waals surface area contributed by atoms with E-state index in [1.807, 2.05) is 0 Å². The molecule has 0 aromatic carbocycles. The largest absolute Gasteiger partial charge is 0.330 e. The molecule has 2 N–H and O–H groups in total. The SMILES string of the molecule is CCC/C=C\CCCCN. The molecule has 10 heavy (non-hydrogen) atoms. The molecular weight excluding hydrogens is 122 g/mol. The van der Waals surface area contributed by atoms with Gasteiger partial charge in [0, 0.05) is 0 Å². The number of unbranched alkanes of at least 4 members (excludes halogenated alkanes) is 3. The zero-order chi connectivity index (χ0) is 7.66. The topological polar surface area (TPSA) is 26.0 Å². The molecule has 1 heteroatoms. The molecule has 0 radical (unpaired) electrons. The molecule has 0 amide bonds. The first-order chi connectivity index (χ1) is 4.91. The average molecular weight is 141 g/mol. The van der Waals surface area contributed by atoms with Gasteiger partial charge in [0.25, 0.3) is 0 Å². The van der Waals surface area contributed by atoms with E-state index in [2.05, 4.69) is 19.1 Å². The van der Waals surface area contributed by atoms with E-state index in [-0.39, 0.29) is 0 Å².